The Morgan fingerprint density at radius 1 is 0.923 bits per heavy atom. The second-order valence-corrected chi connectivity index (χ2v) is 6.67. The number of hydrogen-bond donors (Lipinski definition) is 6. The predicted molar refractivity (Wildman–Crippen MR) is 86.1 cm³/mol. The molecule has 10 heteroatoms. The van der Waals surface area contributed by atoms with Crippen molar-refractivity contribution in [2.45, 2.75) is 81.5 Å². The van der Waals surface area contributed by atoms with Gasteiger partial charge in [0.15, 0.2) is 6.29 Å². The second kappa shape index (κ2) is 9.69. The Labute approximate surface area is 151 Å². The molecule has 6 N–H and O–H groups in total. The number of ether oxygens (including phenoxy) is 4. The van der Waals surface area contributed by atoms with Gasteiger partial charge in [-0.2, -0.15) is 0 Å². The first-order valence-corrected chi connectivity index (χ1v) is 8.85. The molecular weight excluding hydrogens is 352 g/mol. The molecule has 2 saturated heterocycles. The Kier molecular flexibility index (Phi) is 8.16. The monoisotopic (exact) mass is 382 g/mol. The molecular formula is C16H30O10. The summed E-state index contributed by atoms with van der Waals surface area (Å²) >= 11 is 0. The van der Waals surface area contributed by atoms with E-state index < -0.39 is 67.8 Å². The van der Waals surface area contributed by atoms with Gasteiger partial charge in [-0.3, -0.25) is 0 Å². The van der Waals surface area contributed by atoms with E-state index in [1.165, 1.54) is 0 Å². The average Bonchev–Trinajstić information content (AvgIpc) is 2.72. The highest BCUT2D eigenvalue weighted by atomic mass is 16.7. The van der Waals surface area contributed by atoms with Crippen molar-refractivity contribution in [2.24, 2.45) is 0 Å². The van der Waals surface area contributed by atoms with Gasteiger partial charge < -0.3 is 49.6 Å². The first kappa shape index (κ1) is 21.9. The predicted octanol–water partition coefficient (Wildman–Crippen LogP) is -2.89. The highest BCUT2D eigenvalue weighted by Gasteiger charge is 2.48. The van der Waals surface area contributed by atoms with Crippen LogP contribution in [0, 0.1) is 0 Å². The Morgan fingerprint density at radius 2 is 1.62 bits per heavy atom. The lowest BCUT2D eigenvalue weighted by Crippen LogP contribution is -2.61. The normalized spacial score (nSPS) is 47.5. The van der Waals surface area contributed by atoms with Crippen molar-refractivity contribution in [2.75, 3.05) is 19.8 Å². The van der Waals surface area contributed by atoms with Crippen LogP contribution in [0.25, 0.3) is 0 Å². The van der Waals surface area contributed by atoms with Gasteiger partial charge in [-0.25, -0.2) is 0 Å². The summed E-state index contributed by atoms with van der Waals surface area (Å²) in [7, 11) is 0. The molecule has 0 aromatic heterocycles. The van der Waals surface area contributed by atoms with Crippen molar-refractivity contribution in [3.8, 4) is 0 Å². The topological polar surface area (TPSA) is 158 Å². The molecule has 7 unspecified atom stereocenters. The van der Waals surface area contributed by atoms with Crippen LogP contribution in [0.5, 0.6) is 0 Å². The van der Waals surface area contributed by atoms with E-state index in [2.05, 4.69) is 0 Å². The van der Waals surface area contributed by atoms with Gasteiger partial charge in [0.05, 0.1) is 31.5 Å². The first-order valence-electron chi connectivity index (χ1n) is 8.85. The Bertz CT molecular complexity index is 424. The summed E-state index contributed by atoms with van der Waals surface area (Å²) in [6.45, 7) is 2.61. The van der Waals surface area contributed by atoms with Crippen LogP contribution in [0.2, 0.25) is 0 Å². The molecule has 26 heavy (non-hydrogen) atoms. The summed E-state index contributed by atoms with van der Waals surface area (Å²) in [5, 5.41) is 60.0. The maximum atomic E-state index is 10.4. The highest BCUT2D eigenvalue weighted by Crippen LogP contribution is 2.29. The zero-order valence-electron chi connectivity index (χ0n) is 14.9. The van der Waals surface area contributed by atoms with Crippen LogP contribution < -0.4 is 0 Å². The van der Waals surface area contributed by atoms with Crippen molar-refractivity contribution in [3.05, 3.63) is 0 Å². The average molecular weight is 382 g/mol. The van der Waals surface area contributed by atoms with Crippen LogP contribution in [-0.2, 0) is 18.9 Å². The lowest BCUT2D eigenvalue weighted by molar-refractivity contribution is -0.329. The molecule has 0 saturated carbocycles. The Hall–Kier alpha value is -0.400. The SMILES string of the molecule is CCOC1C(O)[C@H](OC2C(O)C(C)OC(CO)C[C@H]2O)OC(CO)[C@H]1O. The van der Waals surface area contributed by atoms with E-state index in [4.69, 9.17) is 18.9 Å². The quantitative estimate of drug-likeness (QED) is 0.281. The summed E-state index contributed by atoms with van der Waals surface area (Å²) in [6.07, 6.45) is -11.1. The maximum absolute atomic E-state index is 10.4. The summed E-state index contributed by atoms with van der Waals surface area (Å²) in [5.74, 6) is 0. The van der Waals surface area contributed by atoms with E-state index in [-0.39, 0.29) is 19.6 Å². The Morgan fingerprint density at radius 3 is 2.19 bits per heavy atom. The highest BCUT2D eigenvalue weighted by molar-refractivity contribution is 4.93. The molecule has 2 aliphatic heterocycles. The minimum absolute atomic E-state index is 0.0202. The second-order valence-electron chi connectivity index (χ2n) is 6.67. The van der Waals surface area contributed by atoms with Gasteiger partial charge in [0.25, 0.3) is 0 Å². The Balaban J connectivity index is 2.15. The van der Waals surface area contributed by atoms with E-state index in [1.807, 2.05) is 0 Å². The molecule has 0 amide bonds. The fraction of sp³-hybridized carbons (Fsp3) is 1.00. The summed E-state index contributed by atoms with van der Waals surface area (Å²) in [6, 6.07) is 0. The zero-order valence-corrected chi connectivity index (χ0v) is 14.9. The molecule has 0 aliphatic carbocycles. The van der Waals surface area contributed by atoms with E-state index in [9.17, 15) is 30.6 Å². The van der Waals surface area contributed by atoms with Crippen molar-refractivity contribution in [1.29, 1.82) is 0 Å². The number of aliphatic hydroxyl groups is 6. The van der Waals surface area contributed by atoms with Gasteiger partial charge in [-0.15, -0.1) is 0 Å². The maximum Gasteiger partial charge on any atom is 0.187 e. The van der Waals surface area contributed by atoms with Gasteiger partial charge in [-0.1, -0.05) is 0 Å². The largest absolute Gasteiger partial charge is 0.394 e. The lowest BCUT2D eigenvalue weighted by atomic mass is 9.98. The molecule has 2 heterocycles. The number of aliphatic hydroxyl groups excluding tert-OH is 6. The van der Waals surface area contributed by atoms with Gasteiger partial charge in [0, 0.05) is 13.0 Å². The lowest BCUT2D eigenvalue weighted by Gasteiger charge is -2.43. The minimum atomic E-state index is -1.40. The third-order valence-corrected chi connectivity index (χ3v) is 4.78. The van der Waals surface area contributed by atoms with E-state index >= 15 is 0 Å². The molecule has 0 bridgehead atoms. The first-order chi connectivity index (χ1) is 12.3. The third-order valence-electron chi connectivity index (χ3n) is 4.78. The van der Waals surface area contributed by atoms with Crippen molar-refractivity contribution in [3.63, 3.8) is 0 Å². The molecule has 0 aromatic carbocycles. The van der Waals surface area contributed by atoms with Crippen molar-refractivity contribution in [1.82, 2.24) is 0 Å². The summed E-state index contributed by atoms with van der Waals surface area (Å²) in [4.78, 5) is 0. The van der Waals surface area contributed by atoms with Crippen LogP contribution in [0.1, 0.15) is 20.3 Å². The van der Waals surface area contributed by atoms with E-state index in [1.54, 1.807) is 13.8 Å². The molecule has 10 atom stereocenters. The fourth-order valence-corrected chi connectivity index (χ4v) is 3.34. The molecule has 2 aliphatic rings. The summed E-state index contributed by atoms with van der Waals surface area (Å²) < 4.78 is 21.8. The van der Waals surface area contributed by atoms with Crippen LogP contribution in [0.3, 0.4) is 0 Å². The molecule has 10 nitrogen and oxygen atoms in total. The van der Waals surface area contributed by atoms with E-state index in [0.29, 0.717) is 0 Å². The molecule has 2 rings (SSSR count). The van der Waals surface area contributed by atoms with Crippen molar-refractivity contribution < 1.29 is 49.6 Å². The van der Waals surface area contributed by atoms with Crippen LogP contribution >= 0.6 is 0 Å². The van der Waals surface area contributed by atoms with Gasteiger partial charge in [-0.05, 0) is 13.8 Å². The summed E-state index contributed by atoms with van der Waals surface area (Å²) in [5.41, 5.74) is 0. The molecule has 154 valence electrons. The molecule has 0 aromatic rings. The fourth-order valence-electron chi connectivity index (χ4n) is 3.34. The van der Waals surface area contributed by atoms with Crippen LogP contribution in [-0.4, -0.2) is 112 Å². The van der Waals surface area contributed by atoms with Gasteiger partial charge in [0.2, 0.25) is 0 Å². The minimum Gasteiger partial charge on any atom is -0.394 e. The van der Waals surface area contributed by atoms with Crippen LogP contribution in [0.4, 0.5) is 0 Å². The molecule has 0 radical (unpaired) electrons. The molecule has 2 fully saturated rings. The number of rotatable bonds is 6. The zero-order chi connectivity index (χ0) is 19.4. The molecule has 0 spiro atoms. The van der Waals surface area contributed by atoms with Gasteiger partial charge >= 0.3 is 0 Å². The van der Waals surface area contributed by atoms with Crippen molar-refractivity contribution >= 4 is 0 Å². The standard InChI is InChI=1S/C16H30O10/c1-3-23-15-12(21)10(6-18)25-16(13(15)22)26-14-9(19)4-8(5-17)24-7(2)11(14)20/h7-22H,3-6H2,1-2H3/t7?,8?,9-,10?,11?,12-,13?,14?,15?,16+/m1/s1. The third kappa shape index (κ3) is 4.71. The smallest absolute Gasteiger partial charge is 0.187 e. The van der Waals surface area contributed by atoms with Gasteiger partial charge in [0.1, 0.15) is 36.6 Å². The van der Waals surface area contributed by atoms with E-state index in [0.717, 1.165) is 0 Å². The van der Waals surface area contributed by atoms with Crippen LogP contribution in [0.15, 0.2) is 0 Å². The number of hydrogen-bond acceptors (Lipinski definition) is 10.